The van der Waals surface area contributed by atoms with E-state index in [1.165, 1.54) is 19.2 Å². The van der Waals surface area contributed by atoms with Crippen LogP contribution in [0.1, 0.15) is 24.5 Å². The molecule has 2 aromatic rings. The highest BCUT2D eigenvalue weighted by atomic mass is 32.2. The molecule has 4 rings (SSSR count). The number of fused-ring (bicyclic) bond motifs is 1. The Morgan fingerprint density at radius 2 is 1.84 bits per heavy atom. The number of sulfonamides is 1. The third-order valence-corrected chi connectivity index (χ3v) is 7.70. The number of esters is 1. The zero-order chi connectivity index (χ0) is 23.1. The standard InChI is InChI=1S/C23H26N2O6S/c1-15-9-11-18(12-10-15)32(28,29)24-20(22(27)30-3)19-13-17-14-31-23(2,25(17)21(19)26)16-7-5-4-6-8-16/h4-12,17,19-20,24H,13-14H2,1-3H3/t17-,19+,20-,23+/m0/s1. The van der Waals surface area contributed by atoms with Crippen molar-refractivity contribution in [3.05, 3.63) is 65.7 Å². The topological polar surface area (TPSA) is 102 Å². The molecule has 2 fully saturated rings. The summed E-state index contributed by atoms with van der Waals surface area (Å²) in [5, 5.41) is 0. The van der Waals surface area contributed by atoms with E-state index in [1.54, 1.807) is 17.0 Å². The molecule has 9 heteroatoms. The minimum absolute atomic E-state index is 0.0143. The summed E-state index contributed by atoms with van der Waals surface area (Å²) < 4.78 is 39.2. The second-order valence-electron chi connectivity index (χ2n) is 8.30. The molecular weight excluding hydrogens is 432 g/mol. The summed E-state index contributed by atoms with van der Waals surface area (Å²) in [7, 11) is -2.88. The van der Waals surface area contributed by atoms with E-state index in [-0.39, 0.29) is 23.3 Å². The summed E-state index contributed by atoms with van der Waals surface area (Å²) in [5.74, 6) is -2.05. The predicted octanol–water partition coefficient (Wildman–Crippen LogP) is 1.94. The summed E-state index contributed by atoms with van der Waals surface area (Å²) in [6.45, 7) is 3.95. The molecule has 0 saturated carbocycles. The third kappa shape index (κ3) is 3.80. The van der Waals surface area contributed by atoms with Gasteiger partial charge in [-0.15, -0.1) is 0 Å². The Labute approximate surface area is 187 Å². The molecule has 0 aromatic heterocycles. The fourth-order valence-corrected chi connectivity index (χ4v) is 5.74. The highest BCUT2D eigenvalue weighted by Gasteiger charge is 2.57. The van der Waals surface area contributed by atoms with E-state index in [4.69, 9.17) is 9.47 Å². The fourth-order valence-electron chi connectivity index (χ4n) is 4.51. The average Bonchev–Trinajstić information content (AvgIpc) is 3.30. The van der Waals surface area contributed by atoms with Gasteiger partial charge in [-0.1, -0.05) is 48.0 Å². The summed E-state index contributed by atoms with van der Waals surface area (Å²) >= 11 is 0. The molecule has 0 radical (unpaired) electrons. The van der Waals surface area contributed by atoms with Gasteiger partial charge in [0.2, 0.25) is 15.9 Å². The second kappa shape index (κ2) is 8.31. The van der Waals surface area contributed by atoms with Crippen molar-refractivity contribution in [2.24, 2.45) is 5.92 Å². The maximum Gasteiger partial charge on any atom is 0.324 e. The first-order chi connectivity index (χ1) is 15.2. The van der Waals surface area contributed by atoms with Crippen molar-refractivity contribution in [3.8, 4) is 0 Å². The third-order valence-electron chi connectivity index (χ3n) is 6.24. The molecule has 1 amide bonds. The van der Waals surface area contributed by atoms with Crippen LogP contribution in [0.15, 0.2) is 59.5 Å². The van der Waals surface area contributed by atoms with Crippen LogP contribution in [0, 0.1) is 12.8 Å². The van der Waals surface area contributed by atoms with Crippen molar-refractivity contribution in [2.45, 2.75) is 43.0 Å². The molecule has 2 aromatic carbocycles. The minimum Gasteiger partial charge on any atom is -0.468 e. The number of nitrogens with zero attached hydrogens (tertiary/aromatic N) is 1. The minimum atomic E-state index is -4.05. The Hall–Kier alpha value is -2.75. The van der Waals surface area contributed by atoms with Crippen LogP contribution in [0.3, 0.4) is 0 Å². The summed E-state index contributed by atoms with van der Waals surface area (Å²) in [6.07, 6.45) is 0.275. The molecule has 32 heavy (non-hydrogen) atoms. The van der Waals surface area contributed by atoms with Gasteiger partial charge in [-0.2, -0.15) is 4.72 Å². The van der Waals surface area contributed by atoms with Gasteiger partial charge in [0, 0.05) is 5.56 Å². The van der Waals surface area contributed by atoms with Gasteiger partial charge in [0.1, 0.15) is 6.04 Å². The largest absolute Gasteiger partial charge is 0.468 e. The smallest absolute Gasteiger partial charge is 0.324 e. The Balaban J connectivity index is 1.64. The lowest BCUT2D eigenvalue weighted by Crippen LogP contribution is -2.51. The van der Waals surface area contributed by atoms with Gasteiger partial charge in [-0.05, 0) is 32.4 Å². The van der Waals surface area contributed by atoms with E-state index in [1.807, 2.05) is 44.2 Å². The van der Waals surface area contributed by atoms with Gasteiger partial charge in [-0.3, -0.25) is 9.59 Å². The van der Waals surface area contributed by atoms with Crippen molar-refractivity contribution in [2.75, 3.05) is 13.7 Å². The van der Waals surface area contributed by atoms with E-state index in [2.05, 4.69) is 4.72 Å². The number of rotatable bonds is 6. The SMILES string of the molecule is COC(=O)[C@@H](NS(=O)(=O)c1ccc(C)cc1)[C@H]1C[C@H]2CO[C@](C)(c3ccccc3)N2C1=O. The molecule has 2 aliphatic rings. The second-order valence-corrected chi connectivity index (χ2v) is 10.0. The van der Waals surface area contributed by atoms with Crippen molar-refractivity contribution in [1.29, 1.82) is 0 Å². The Morgan fingerprint density at radius 1 is 1.19 bits per heavy atom. The molecule has 0 spiro atoms. The van der Waals surface area contributed by atoms with Crippen LogP contribution < -0.4 is 4.72 Å². The first-order valence-corrected chi connectivity index (χ1v) is 11.8. The lowest BCUT2D eigenvalue weighted by Gasteiger charge is -2.34. The van der Waals surface area contributed by atoms with Gasteiger partial charge >= 0.3 is 5.97 Å². The first-order valence-electron chi connectivity index (χ1n) is 10.4. The van der Waals surface area contributed by atoms with Crippen LogP contribution in [0.4, 0.5) is 0 Å². The average molecular weight is 459 g/mol. The first kappa shape index (κ1) is 22.4. The number of carbonyl (C=O) groups is 2. The van der Waals surface area contributed by atoms with Crippen LogP contribution in [0.25, 0.3) is 0 Å². The monoisotopic (exact) mass is 458 g/mol. The molecular formula is C23H26N2O6S. The lowest BCUT2D eigenvalue weighted by molar-refractivity contribution is -0.154. The van der Waals surface area contributed by atoms with Crippen LogP contribution in [0.5, 0.6) is 0 Å². The van der Waals surface area contributed by atoms with Gasteiger partial charge in [0.15, 0.2) is 5.72 Å². The van der Waals surface area contributed by atoms with Gasteiger partial charge in [0.25, 0.3) is 0 Å². The predicted molar refractivity (Wildman–Crippen MR) is 116 cm³/mol. The number of hydrogen-bond donors (Lipinski definition) is 1. The van der Waals surface area contributed by atoms with Crippen molar-refractivity contribution in [3.63, 3.8) is 0 Å². The lowest BCUT2D eigenvalue weighted by atomic mass is 9.96. The van der Waals surface area contributed by atoms with E-state index < -0.39 is 33.7 Å². The fraction of sp³-hybridized carbons (Fsp3) is 0.391. The van der Waals surface area contributed by atoms with Crippen LogP contribution >= 0.6 is 0 Å². The maximum absolute atomic E-state index is 13.5. The summed E-state index contributed by atoms with van der Waals surface area (Å²) in [5.41, 5.74) is 0.723. The number of ether oxygens (including phenoxy) is 2. The highest BCUT2D eigenvalue weighted by Crippen LogP contribution is 2.44. The Bertz CT molecular complexity index is 1120. The molecule has 0 aliphatic carbocycles. The van der Waals surface area contributed by atoms with Crippen molar-refractivity contribution in [1.82, 2.24) is 9.62 Å². The van der Waals surface area contributed by atoms with E-state index in [9.17, 15) is 18.0 Å². The van der Waals surface area contributed by atoms with E-state index >= 15 is 0 Å². The molecule has 1 N–H and O–H groups in total. The molecule has 0 bridgehead atoms. The molecule has 2 heterocycles. The number of aryl methyl sites for hydroxylation is 1. The number of nitrogens with one attached hydrogen (secondary N) is 1. The summed E-state index contributed by atoms with van der Waals surface area (Å²) in [4.78, 5) is 27.8. The zero-order valence-electron chi connectivity index (χ0n) is 18.1. The van der Waals surface area contributed by atoms with E-state index in [0.29, 0.717) is 6.61 Å². The van der Waals surface area contributed by atoms with Gasteiger partial charge in [0.05, 0.1) is 30.6 Å². The van der Waals surface area contributed by atoms with Gasteiger partial charge in [-0.25, -0.2) is 8.42 Å². The normalized spacial score (nSPS) is 26.1. The quantitative estimate of drug-likeness (QED) is 0.664. The zero-order valence-corrected chi connectivity index (χ0v) is 19.0. The highest BCUT2D eigenvalue weighted by molar-refractivity contribution is 7.89. The number of carbonyl (C=O) groups excluding carboxylic acids is 2. The molecule has 2 aliphatic heterocycles. The van der Waals surface area contributed by atoms with E-state index in [0.717, 1.165) is 11.1 Å². The van der Waals surface area contributed by atoms with Crippen LogP contribution in [0.2, 0.25) is 0 Å². The number of hydrogen-bond acceptors (Lipinski definition) is 6. The molecule has 8 nitrogen and oxygen atoms in total. The van der Waals surface area contributed by atoms with Crippen LogP contribution in [-0.2, 0) is 34.8 Å². The van der Waals surface area contributed by atoms with Crippen LogP contribution in [-0.4, -0.2) is 51.0 Å². The molecule has 4 atom stereocenters. The Morgan fingerprint density at radius 3 is 2.47 bits per heavy atom. The number of benzene rings is 2. The molecule has 0 unspecified atom stereocenters. The maximum atomic E-state index is 13.5. The molecule has 2 saturated heterocycles. The number of amides is 1. The van der Waals surface area contributed by atoms with Gasteiger partial charge < -0.3 is 14.4 Å². The van der Waals surface area contributed by atoms with Crippen molar-refractivity contribution < 1.29 is 27.5 Å². The molecule has 170 valence electrons. The van der Waals surface area contributed by atoms with Crippen molar-refractivity contribution >= 4 is 21.9 Å². The Kier molecular flexibility index (Phi) is 5.83. The number of methoxy groups -OCH3 is 1. The summed E-state index contributed by atoms with van der Waals surface area (Å²) in [6, 6.07) is 14.0.